The number of anilines is 4. The summed E-state index contributed by atoms with van der Waals surface area (Å²) in [7, 11) is 1.90. The molecule has 1 heterocycles. The van der Waals surface area contributed by atoms with Crippen LogP contribution in [0.2, 0.25) is 0 Å². The molecule has 3 N–H and O–H groups in total. The third-order valence-electron chi connectivity index (χ3n) is 3.74. The molecule has 32 heavy (non-hydrogen) atoms. The Hall–Kier alpha value is -3.30. The quantitative estimate of drug-likeness (QED) is 0.283. The predicted octanol–water partition coefficient (Wildman–Crippen LogP) is 5.16. The highest BCUT2D eigenvalue weighted by Gasteiger charge is 2.03. The maximum absolute atomic E-state index is 9.39. The van der Waals surface area contributed by atoms with E-state index in [9.17, 15) is 4.79 Å². The summed E-state index contributed by atoms with van der Waals surface area (Å²) in [5.41, 5.74) is 1.88. The summed E-state index contributed by atoms with van der Waals surface area (Å²) in [6.45, 7) is 6.65. The Morgan fingerprint density at radius 1 is 1.00 bits per heavy atom. The fraction of sp³-hybridized carbons (Fsp3) is 0.261. The molecule has 9 heteroatoms. The molecule has 8 nitrogen and oxygen atoms in total. The molecule has 3 aromatic rings. The van der Waals surface area contributed by atoms with Crippen molar-refractivity contribution in [2.24, 2.45) is 0 Å². The molecule has 0 aliphatic carbocycles. The summed E-state index contributed by atoms with van der Waals surface area (Å²) in [5.74, 6) is 2.25. The lowest BCUT2D eigenvalue weighted by atomic mass is 10.3. The number of nitrogens with zero attached hydrogens (tertiary/aromatic N) is 2. The second-order valence-corrected chi connectivity index (χ2v) is 7.70. The van der Waals surface area contributed by atoms with Crippen LogP contribution in [0.5, 0.6) is 5.75 Å². The van der Waals surface area contributed by atoms with Crippen LogP contribution in [0.4, 0.5) is 23.0 Å². The molecule has 0 saturated carbocycles. The van der Waals surface area contributed by atoms with Gasteiger partial charge in [-0.3, -0.25) is 9.52 Å². The van der Waals surface area contributed by atoms with E-state index < -0.39 is 0 Å². The standard InChI is InChI=1S/C19H21N5OS.C4H8O2/c1-3-25-16-8-4-6-14(10-16)23-18-12-19(22-13-21-18)24-15-7-5-9-17(11-15)26-20-2;1-4(2)6-3-5/h4-13,20H,3H2,1-2H3,(H2,21,22,23,24);3-4H,1-2H3. The van der Waals surface area contributed by atoms with Crippen molar-refractivity contribution in [2.75, 3.05) is 24.3 Å². The largest absolute Gasteiger partial charge is 0.494 e. The van der Waals surface area contributed by atoms with Crippen molar-refractivity contribution < 1.29 is 14.3 Å². The van der Waals surface area contributed by atoms with Gasteiger partial charge >= 0.3 is 0 Å². The lowest BCUT2D eigenvalue weighted by Crippen LogP contribution is -1.99. The Balaban J connectivity index is 0.000000534. The molecule has 0 aliphatic heterocycles. The van der Waals surface area contributed by atoms with E-state index in [1.165, 1.54) is 6.33 Å². The van der Waals surface area contributed by atoms with Crippen molar-refractivity contribution >= 4 is 41.4 Å². The van der Waals surface area contributed by atoms with Crippen molar-refractivity contribution in [1.82, 2.24) is 14.7 Å². The summed E-state index contributed by atoms with van der Waals surface area (Å²) in [6.07, 6.45) is 1.56. The van der Waals surface area contributed by atoms with Crippen molar-refractivity contribution in [2.45, 2.75) is 31.8 Å². The van der Waals surface area contributed by atoms with E-state index in [2.05, 4.69) is 36.1 Å². The van der Waals surface area contributed by atoms with E-state index in [1.54, 1.807) is 25.8 Å². The third kappa shape index (κ3) is 9.23. The second-order valence-electron chi connectivity index (χ2n) is 6.61. The third-order valence-corrected chi connectivity index (χ3v) is 4.43. The van der Waals surface area contributed by atoms with Crippen LogP contribution >= 0.6 is 11.9 Å². The summed E-state index contributed by atoms with van der Waals surface area (Å²) < 4.78 is 13.0. The van der Waals surface area contributed by atoms with Gasteiger partial charge in [0.15, 0.2) is 0 Å². The maximum atomic E-state index is 9.39. The first-order valence-electron chi connectivity index (χ1n) is 10.2. The highest BCUT2D eigenvalue weighted by molar-refractivity contribution is 7.97. The van der Waals surface area contributed by atoms with Gasteiger partial charge in [-0.1, -0.05) is 12.1 Å². The van der Waals surface area contributed by atoms with Gasteiger partial charge in [-0.2, -0.15) is 0 Å². The van der Waals surface area contributed by atoms with Gasteiger partial charge in [-0.05, 0) is 70.1 Å². The number of nitrogens with one attached hydrogen (secondary N) is 3. The number of benzene rings is 2. The van der Waals surface area contributed by atoms with Crippen LogP contribution in [0.15, 0.2) is 65.8 Å². The van der Waals surface area contributed by atoms with Crippen LogP contribution < -0.4 is 20.1 Å². The fourth-order valence-electron chi connectivity index (χ4n) is 2.49. The Labute approximate surface area is 193 Å². The van der Waals surface area contributed by atoms with Crippen LogP contribution in [0, 0.1) is 0 Å². The molecular formula is C23H29N5O3S. The number of aromatic nitrogens is 2. The first kappa shape index (κ1) is 25.0. The van der Waals surface area contributed by atoms with Gasteiger partial charge < -0.3 is 20.1 Å². The molecule has 0 atom stereocenters. The Morgan fingerprint density at radius 2 is 1.66 bits per heavy atom. The van der Waals surface area contributed by atoms with Gasteiger partial charge in [0.25, 0.3) is 6.47 Å². The van der Waals surface area contributed by atoms with E-state index in [1.807, 2.05) is 62.5 Å². The molecule has 0 aliphatic rings. The van der Waals surface area contributed by atoms with Crippen molar-refractivity contribution in [3.8, 4) is 5.75 Å². The minimum Gasteiger partial charge on any atom is -0.494 e. The molecular weight excluding hydrogens is 426 g/mol. The highest BCUT2D eigenvalue weighted by atomic mass is 32.2. The minimum atomic E-state index is 0.0301. The van der Waals surface area contributed by atoms with Crippen LogP contribution in [-0.2, 0) is 9.53 Å². The SMILES string of the molecule is CC(C)OC=O.CCOc1cccc(Nc2cc(Nc3cccc(SNC)c3)ncn2)c1. The van der Waals surface area contributed by atoms with Crippen molar-refractivity contribution in [3.63, 3.8) is 0 Å². The van der Waals surface area contributed by atoms with Gasteiger partial charge in [0.1, 0.15) is 23.7 Å². The average molecular weight is 456 g/mol. The van der Waals surface area contributed by atoms with Crippen molar-refractivity contribution in [3.05, 3.63) is 60.9 Å². The Kier molecular flexibility index (Phi) is 10.8. The lowest BCUT2D eigenvalue weighted by molar-refractivity contribution is -0.131. The number of hydrogen-bond acceptors (Lipinski definition) is 9. The smallest absolute Gasteiger partial charge is 0.293 e. The van der Waals surface area contributed by atoms with E-state index >= 15 is 0 Å². The van der Waals surface area contributed by atoms with Crippen LogP contribution in [-0.4, -0.2) is 36.2 Å². The highest BCUT2D eigenvalue weighted by Crippen LogP contribution is 2.24. The average Bonchev–Trinajstić information content (AvgIpc) is 2.75. The summed E-state index contributed by atoms with van der Waals surface area (Å²) in [5, 5.41) is 6.58. The molecule has 0 radical (unpaired) electrons. The first-order valence-corrected chi connectivity index (χ1v) is 11.0. The molecule has 1 aromatic heterocycles. The van der Waals surface area contributed by atoms with Crippen LogP contribution in [0.3, 0.4) is 0 Å². The molecule has 0 fully saturated rings. The second kappa shape index (κ2) is 13.9. The van der Waals surface area contributed by atoms with Gasteiger partial charge in [0.2, 0.25) is 0 Å². The van der Waals surface area contributed by atoms with Gasteiger partial charge in [0, 0.05) is 28.4 Å². The van der Waals surface area contributed by atoms with Gasteiger partial charge in [0.05, 0.1) is 12.7 Å². The monoisotopic (exact) mass is 455 g/mol. The Morgan fingerprint density at radius 3 is 2.22 bits per heavy atom. The normalized spacial score (nSPS) is 10.0. The number of carbonyl (C=O) groups is 1. The predicted molar refractivity (Wildman–Crippen MR) is 130 cm³/mol. The summed E-state index contributed by atoms with van der Waals surface area (Å²) in [4.78, 5) is 19.1. The van der Waals surface area contributed by atoms with E-state index in [0.717, 1.165) is 27.8 Å². The molecule has 2 aromatic carbocycles. The molecule has 3 rings (SSSR count). The first-order chi connectivity index (χ1) is 15.5. The Bertz CT molecular complexity index is 905. The molecule has 0 spiro atoms. The molecule has 0 amide bonds. The lowest BCUT2D eigenvalue weighted by Gasteiger charge is -2.10. The maximum Gasteiger partial charge on any atom is 0.293 e. The zero-order chi connectivity index (χ0) is 23.2. The van der Waals surface area contributed by atoms with Crippen LogP contribution in [0.25, 0.3) is 0 Å². The van der Waals surface area contributed by atoms with Gasteiger partial charge in [-0.25, -0.2) is 9.97 Å². The number of rotatable bonds is 10. The number of ether oxygens (including phenoxy) is 2. The molecule has 0 saturated heterocycles. The zero-order valence-electron chi connectivity index (χ0n) is 18.7. The van der Waals surface area contributed by atoms with E-state index in [4.69, 9.17) is 4.74 Å². The summed E-state index contributed by atoms with van der Waals surface area (Å²) >= 11 is 1.56. The van der Waals surface area contributed by atoms with E-state index in [0.29, 0.717) is 18.9 Å². The van der Waals surface area contributed by atoms with Gasteiger partial charge in [-0.15, -0.1) is 0 Å². The number of hydrogen-bond donors (Lipinski definition) is 3. The van der Waals surface area contributed by atoms with Crippen LogP contribution in [0.1, 0.15) is 20.8 Å². The molecule has 170 valence electrons. The fourth-order valence-corrected chi connectivity index (χ4v) is 3.05. The number of carbonyl (C=O) groups excluding carboxylic acids is 1. The zero-order valence-corrected chi connectivity index (χ0v) is 19.5. The molecule has 0 bridgehead atoms. The van der Waals surface area contributed by atoms with Crippen molar-refractivity contribution in [1.29, 1.82) is 0 Å². The summed E-state index contributed by atoms with van der Waals surface area (Å²) in [6, 6.07) is 17.8. The topological polar surface area (TPSA) is 97.4 Å². The molecule has 0 unspecified atom stereocenters. The minimum absolute atomic E-state index is 0.0301. The van der Waals surface area contributed by atoms with E-state index in [-0.39, 0.29) is 6.10 Å².